The monoisotopic (exact) mass is 599 g/mol. The Labute approximate surface area is 242 Å². The van der Waals surface area contributed by atoms with Gasteiger partial charge in [0.1, 0.15) is 28.5 Å². The lowest BCUT2D eigenvalue weighted by Crippen LogP contribution is -2.27. The predicted molar refractivity (Wildman–Crippen MR) is 150 cm³/mol. The van der Waals surface area contributed by atoms with Gasteiger partial charge < -0.3 is 20.0 Å². The van der Waals surface area contributed by atoms with Crippen LogP contribution in [0.3, 0.4) is 0 Å². The van der Waals surface area contributed by atoms with E-state index < -0.39 is 17.6 Å². The molecule has 1 fully saturated rings. The Hall–Kier alpha value is -3.87. The van der Waals surface area contributed by atoms with Crippen LogP contribution in [0.15, 0.2) is 48.8 Å². The molecule has 5 aromatic rings. The van der Waals surface area contributed by atoms with Crippen molar-refractivity contribution in [3.05, 3.63) is 70.9 Å². The first-order valence-electron chi connectivity index (χ1n) is 13.4. The topological polar surface area (TPSA) is 105 Å². The molecule has 3 aromatic heterocycles. The normalized spacial score (nSPS) is 17.4. The number of hydrogen-bond acceptors (Lipinski definition) is 6. The first kappa shape index (κ1) is 28.3. The number of nitrogens with one attached hydrogen (secondary N) is 2. The second-order valence-electron chi connectivity index (χ2n) is 10.5. The van der Waals surface area contributed by atoms with Crippen molar-refractivity contribution in [2.75, 3.05) is 6.54 Å². The second-order valence-corrected chi connectivity index (χ2v) is 10.9. The minimum atomic E-state index is -4.64. The van der Waals surface area contributed by atoms with Crippen LogP contribution in [0.2, 0.25) is 5.15 Å². The standard InChI is InChI=1S/C29H26ClF4N7O/c1-41-14-36-40-28(41)20-11-18(31)5-6-19(20)17-9-23(37-25(30)10-17)27-38-22-8-15(7-21(26(22)39-27)29(32,33)34)12-35-13-16-3-2-4-24(16)42/h5-11,14,16,24,35,42H,2-4,12-13H2,1H3,(H,38,39)/t16-,24-/m0/s1. The van der Waals surface area contributed by atoms with E-state index in [0.29, 0.717) is 34.6 Å². The van der Waals surface area contributed by atoms with Crippen LogP contribution in [0.1, 0.15) is 30.4 Å². The van der Waals surface area contributed by atoms with E-state index in [4.69, 9.17) is 11.6 Å². The molecule has 0 saturated heterocycles. The molecule has 2 aromatic carbocycles. The van der Waals surface area contributed by atoms with Gasteiger partial charge in [0.25, 0.3) is 0 Å². The zero-order valence-corrected chi connectivity index (χ0v) is 23.1. The van der Waals surface area contributed by atoms with E-state index in [0.717, 1.165) is 25.3 Å². The van der Waals surface area contributed by atoms with Gasteiger partial charge in [-0.1, -0.05) is 24.1 Å². The molecule has 42 heavy (non-hydrogen) atoms. The number of aliphatic hydroxyl groups excluding tert-OH is 1. The molecule has 1 aliphatic rings. The van der Waals surface area contributed by atoms with Crippen molar-refractivity contribution in [3.63, 3.8) is 0 Å². The van der Waals surface area contributed by atoms with E-state index in [9.17, 15) is 22.7 Å². The number of rotatable bonds is 7. The molecule has 13 heteroatoms. The van der Waals surface area contributed by atoms with Gasteiger partial charge in [0, 0.05) is 25.7 Å². The lowest BCUT2D eigenvalue weighted by Gasteiger charge is -2.16. The third-order valence-electron chi connectivity index (χ3n) is 7.59. The van der Waals surface area contributed by atoms with Crippen LogP contribution in [0, 0.1) is 11.7 Å². The number of H-pyrrole nitrogens is 1. The fraction of sp³-hybridized carbons (Fsp3) is 0.310. The quantitative estimate of drug-likeness (QED) is 0.153. The fourth-order valence-electron chi connectivity index (χ4n) is 5.53. The third kappa shape index (κ3) is 5.61. The van der Waals surface area contributed by atoms with E-state index >= 15 is 0 Å². The Morgan fingerprint density at radius 1 is 1.10 bits per heavy atom. The largest absolute Gasteiger partial charge is 0.418 e. The maximum absolute atomic E-state index is 14.2. The van der Waals surface area contributed by atoms with E-state index in [1.54, 1.807) is 35.9 Å². The lowest BCUT2D eigenvalue weighted by atomic mass is 9.99. The van der Waals surface area contributed by atoms with Crippen molar-refractivity contribution in [2.45, 2.75) is 38.1 Å². The molecule has 0 radical (unpaired) electrons. The number of alkyl halides is 3. The highest BCUT2D eigenvalue weighted by Gasteiger charge is 2.35. The van der Waals surface area contributed by atoms with Crippen LogP contribution >= 0.6 is 11.6 Å². The molecular formula is C29H26ClF4N7O. The van der Waals surface area contributed by atoms with Gasteiger partial charge in [0.15, 0.2) is 11.6 Å². The first-order valence-corrected chi connectivity index (χ1v) is 13.8. The van der Waals surface area contributed by atoms with Crippen molar-refractivity contribution in [1.82, 2.24) is 35.0 Å². The number of fused-ring (bicyclic) bond motifs is 1. The summed E-state index contributed by atoms with van der Waals surface area (Å²) in [5, 5.41) is 21.3. The molecule has 3 heterocycles. The van der Waals surface area contributed by atoms with Gasteiger partial charge in [-0.05, 0) is 71.8 Å². The van der Waals surface area contributed by atoms with E-state index in [1.807, 2.05) is 0 Å². The van der Waals surface area contributed by atoms with Gasteiger partial charge in [-0.25, -0.2) is 14.4 Å². The predicted octanol–water partition coefficient (Wildman–Crippen LogP) is 6.15. The number of halogens is 5. The molecule has 0 spiro atoms. The molecule has 0 amide bonds. The number of imidazole rings is 1. The zero-order valence-electron chi connectivity index (χ0n) is 22.4. The Morgan fingerprint density at radius 2 is 1.93 bits per heavy atom. The summed E-state index contributed by atoms with van der Waals surface area (Å²) >= 11 is 6.37. The zero-order chi connectivity index (χ0) is 29.6. The summed E-state index contributed by atoms with van der Waals surface area (Å²) in [6, 6.07) is 10.1. The summed E-state index contributed by atoms with van der Waals surface area (Å²) < 4.78 is 58.3. The molecular weight excluding hydrogens is 574 g/mol. The fourth-order valence-corrected chi connectivity index (χ4v) is 5.74. The third-order valence-corrected chi connectivity index (χ3v) is 7.78. The molecule has 2 atom stereocenters. The molecule has 218 valence electrons. The smallest absolute Gasteiger partial charge is 0.393 e. The van der Waals surface area contributed by atoms with E-state index in [2.05, 4.69) is 30.5 Å². The lowest BCUT2D eigenvalue weighted by molar-refractivity contribution is -0.136. The van der Waals surface area contributed by atoms with E-state index in [-0.39, 0.29) is 46.3 Å². The second kappa shape index (κ2) is 11.1. The number of hydrogen-bond donors (Lipinski definition) is 3. The van der Waals surface area contributed by atoms with Crippen molar-refractivity contribution < 1.29 is 22.7 Å². The van der Waals surface area contributed by atoms with Gasteiger partial charge in [-0.15, -0.1) is 10.2 Å². The highest BCUT2D eigenvalue weighted by molar-refractivity contribution is 6.29. The first-order chi connectivity index (χ1) is 20.1. The van der Waals surface area contributed by atoms with Gasteiger partial charge in [-0.3, -0.25) is 0 Å². The number of nitrogens with zero attached hydrogens (tertiary/aromatic N) is 5. The number of pyridine rings is 1. The summed E-state index contributed by atoms with van der Waals surface area (Å²) in [6.07, 6.45) is -0.969. The van der Waals surface area contributed by atoms with Crippen molar-refractivity contribution in [2.24, 2.45) is 13.0 Å². The number of aliphatic hydroxyl groups is 1. The maximum Gasteiger partial charge on any atom is 0.418 e. The van der Waals surface area contributed by atoms with Crippen LogP contribution in [0.25, 0.3) is 45.1 Å². The highest BCUT2D eigenvalue weighted by Crippen LogP contribution is 2.38. The summed E-state index contributed by atoms with van der Waals surface area (Å²) in [5.41, 5.74) is 1.30. The van der Waals surface area contributed by atoms with Crippen LogP contribution < -0.4 is 5.32 Å². The Kier molecular flexibility index (Phi) is 7.46. The number of aromatic nitrogens is 6. The Balaban J connectivity index is 1.38. The van der Waals surface area contributed by atoms with Gasteiger partial charge >= 0.3 is 6.18 Å². The summed E-state index contributed by atoms with van der Waals surface area (Å²) in [4.78, 5) is 11.6. The molecule has 0 aliphatic heterocycles. The molecule has 3 N–H and O–H groups in total. The van der Waals surface area contributed by atoms with Crippen LogP contribution in [0.4, 0.5) is 17.6 Å². The molecule has 1 saturated carbocycles. The molecule has 1 aliphatic carbocycles. The minimum absolute atomic E-state index is 0.0752. The van der Waals surface area contributed by atoms with E-state index in [1.165, 1.54) is 18.5 Å². The molecule has 0 unspecified atom stereocenters. The van der Waals surface area contributed by atoms with Gasteiger partial charge in [-0.2, -0.15) is 13.2 Å². The molecule has 8 nitrogen and oxygen atoms in total. The Bertz CT molecular complexity index is 1770. The van der Waals surface area contributed by atoms with Crippen molar-refractivity contribution >= 4 is 22.6 Å². The maximum atomic E-state index is 14.2. The van der Waals surface area contributed by atoms with Gasteiger partial charge in [0.05, 0.1) is 17.2 Å². The van der Waals surface area contributed by atoms with Crippen LogP contribution in [-0.2, 0) is 19.8 Å². The SMILES string of the molecule is Cn1cnnc1-c1cc(F)ccc1-c1cc(Cl)nc(-c2nc3c(C(F)(F)F)cc(CNC[C@@H]4CCC[C@@H]4O)cc3[nH]2)c1. The number of benzene rings is 2. The summed E-state index contributed by atoms with van der Waals surface area (Å²) in [5.74, 6) is 0.133. The average molecular weight is 600 g/mol. The summed E-state index contributed by atoms with van der Waals surface area (Å²) in [6.45, 7) is 0.718. The van der Waals surface area contributed by atoms with Crippen molar-refractivity contribution in [3.8, 4) is 34.0 Å². The summed E-state index contributed by atoms with van der Waals surface area (Å²) in [7, 11) is 1.73. The molecule has 6 rings (SSSR count). The minimum Gasteiger partial charge on any atom is -0.393 e. The number of aromatic amines is 1. The van der Waals surface area contributed by atoms with Crippen molar-refractivity contribution in [1.29, 1.82) is 0 Å². The van der Waals surface area contributed by atoms with Crippen LogP contribution in [0.5, 0.6) is 0 Å². The number of aryl methyl sites for hydroxylation is 1. The highest BCUT2D eigenvalue weighted by atomic mass is 35.5. The average Bonchev–Trinajstić information content (AvgIpc) is 3.67. The van der Waals surface area contributed by atoms with Crippen LogP contribution in [-0.4, -0.2) is 47.5 Å². The molecule has 0 bridgehead atoms. The Morgan fingerprint density at radius 3 is 2.64 bits per heavy atom. The van der Waals surface area contributed by atoms with Gasteiger partial charge in [0.2, 0.25) is 0 Å².